The Kier molecular flexibility index (Phi) is 4.90. The van der Waals surface area contributed by atoms with Gasteiger partial charge in [-0.05, 0) is 36.5 Å². The van der Waals surface area contributed by atoms with Gasteiger partial charge in [0.25, 0.3) is 0 Å². The maximum atomic E-state index is 5.56. The first kappa shape index (κ1) is 16.2. The highest BCUT2D eigenvalue weighted by atomic mass is 32.1. The Morgan fingerprint density at radius 2 is 1.50 bits per heavy atom. The molecule has 7 heteroatoms. The molecule has 0 fully saturated rings. The minimum absolute atomic E-state index is 0.457. The van der Waals surface area contributed by atoms with E-state index in [2.05, 4.69) is 10.6 Å². The van der Waals surface area contributed by atoms with E-state index < -0.39 is 0 Å². The topological polar surface area (TPSA) is 61.0 Å². The lowest BCUT2D eigenvalue weighted by atomic mass is 10.2. The largest absolute Gasteiger partial charge is 0.493 e. The van der Waals surface area contributed by atoms with Gasteiger partial charge in [-0.1, -0.05) is 0 Å². The summed E-state index contributed by atoms with van der Waals surface area (Å²) in [7, 11) is 3.19. The summed E-state index contributed by atoms with van der Waals surface area (Å²) in [5.74, 6) is 2.74. The summed E-state index contributed by atoms with van der Waals surface area (Å²) in [5, 5.41) is 6.69. The second-order valence-electron chi connectivity index (χ2n) is 5.01. The number of benzene rings is 2. The summed E-state index contributed by atoms with van der Waals surface area (Å²) in [6, 6.07) is 11.1. The summed E-state index contributed by atoms with van der Waals surface area (Å²) in [6.45, 7) is 1.11. The van der Waals surface area contributed by atoms with Crippen molar-refractivity contribution >= 4 is 28.7 Å². The Balaban J connectivity index is 1.67. The number of ether oxygens (including phenoxy) is 4. The van der Waals surface area contributed by atoms with Gasteiger partial charge in [0, 0.05) is 23.5 Å². The Morgan fingerprint density at radius 1 is 0.875 bits per heavy atom. The van der Waals surface area contributed by atoms with E-state index in [1.165, 1.54) is 0 Å². The van der Waals surface area contributed by atoms with Crippen molar-refractivity contribution in [3.05, 3.63) is 36.4 Å². The van der Waals surface area contributed by atoms with Crippen LogP contribution in [0.15, 0.2) is 36.4 Å². The quantitative estimate of drug-likeness (QED) is 0.824. The van der Waals surface area contributed by atoms with Gasteiger partial charge in [-0.3, -0.25) is 0 Å². The first-order valence-corrected chi connectivity index (χ1v) is 7.80. The molecule has 0 amide bonds. The molecular weight excluding hydrogens is 328 g/mol. The van der Waals surface area contributed by atoms with Crippen molar-refractivity contribution in [1.82, 2.24) is 0 Å². The molecule has 0 saturated heterocycles. The second kappa shape index (κ2) is 7.27. The van der Waals surface area contributed by atoms with Crippen LogP contribution in [0.1, 0.15) is 0 Å². The van der Waals surface area contributed by atoms with Crippen molar-refractivity contribution < 1.29 is 18.9 Å². The molecular formula is C17H18N2O4S. The Bertz CT molecular complexity index is 708. The van der Waals surface area contributed by atoms with Crippen molar-refractivity contribution in [2.24, 2.45) is 0 Å². The third kappa shape index (κ3) is 3.62. The molecule has 2 N–H and O–H groups in total. The zero-order chi connectivity index (χ0) is 16.9. The van der Waals surface area contributed by atoms with Crippen LogP contribution in [0.3, 0.4) is 0 Å². The van der Waals surface area contributed by atoms with Gasteiger partial charge in [-0.15, -0.1) is 0 Å². The van der Waals surface area contributed by atoms with Crippen molar-refractivity contribution in [1.29, 1.82) is 0 Å². The number of hydrogen-bond acceptors (Lipinski definition) is 5. The van der Waals surface area contributed by atoms with Crippen LogP contribution >= 0.6 is 12.2 Å². The normalized spacial score (nSPS) is 12.2. The number of thiocarbonyl (C=S) groups is 1. The van der Waals surface area contributed by atoms with Gasteiger partial charge in [-0.2, -0.15) is 0 Å². The highest BCUT2D eigenvalue weighted by Gasteiger charge is 2.12. The third-order valence-corrected chi connectivity index (χ3v) is 3.65. The number of rotatable bonds is 4. The number of fused-ring (bicyclic) bond motifs is 1. The lowest BCUT2D eigenvalue weighted by Gasteiger charge is -2.19. The van der Waals surface area contributed by atoms with Crippen molar-refractivity contribution in [2.45, 2.75) is 0 Å². The fraction of sp³-hybridized carbons (Fsp3) is 0.235. The molecule has 6 nitrogen and oxygen atoms in total. The van der Waals surface area contributed by atoms with Crippen LogP contribution in [-0.2, 0) is 0 Å². The predicted octanol–water partition coefficient (Wildman–Crippen LogP) is 3.28. The van der Waals surface area contributed by atoms with Crippen molar-refractivity contribution in [3.8, 4) is 23.0 Å². The molecule has 0 atom stereocenters. The smallest absolute Gasteiger partial charge is 0.175 e. The summed E-state index contributed by atoms with van der Waals surface area (Å²) >= 11 is 5.35. The van der Waals surface area contributed by atoms with Crippen molar-refractivity contribution in [2.75, 3.05) is 38.1 Å². The van der Waals surface area contributed by atoms with E-state index in [9.17, 15) is 0 Å². The van der Waals surface area contributed by atoms with Crippen LogP contribution in [0.2, 0.25) is 0 Å². The zero-order valence-corrected chi connectivity index (χ0v) is 14.2. The van der Waals surface area contributed by atoms with Gasteiger partial charge in [0.15, 0.2) is 28.1 Å². The van der Waals surface area contributed by atoms with E-state index >= 15 is 0 Å². The van der Waals surface area contributed by atoms with Gasteiger partial charge >= 0.3 is 0 Å². The first-order valence-electron chi connectivity index (χ1n) is 7.39. The molecule has 0 bridgehead atoms. The highest BCUT2D eigenvalue weighted by molar-refractivity contribution is 7.80. The molecule has 1 aliphatic heterocycles. The van der Waals surface area contributed by atoms with E-state index in [0.717, 1.165) is 17.1 Å². The minimum atomic E-state index is 0.457. The van der Waals surface area contributed by atoms with E-state index in [-0.39, 0.29) is 0 Å². The Hall–Kier alpha value is -2.67. The highest BCUT2D eigenvalue weighted by Crippen LogP contribution is 2.33. The molecule has 1 aliphatic rings. The molecule has 0 radical (unpaired) electrons. The first-order chi connectivity index (χ1) is 11.7. The second-order valence-corrected chi connectivity index (χ2v) is 5.42. The molecule has 0 unspecified atom stereocenters. The third-order valence-electron chi connectivity index (χ3n) is 3.44. The average molecular weight is 346 g/mol. The maximum absolute atomic E-state index is 5.56. The van der Waals surface area contributed by atoms with Gasteiger partial charge in [0.2, 0.25) is 0 Å². The molecule has 24 heavy (non-hydrogen) atoms. The van der Waals surface area contributed by atoms with E-state index in [4.69, 9.17) is 31.2 Å². The van der Waals surface area contributed by atoms with Crippen LogP contribution in [0.4, 0.5) is 11.4 Å². The number of nitrogens with one attached hydrogen (secondary N) is 2. The molecule has 1 heterocycles. The zero-order valence-electron chi connectivity index (χ0n) is 13.4. The molecule has 0 aliphatic carbocycles. The van der Waals surface area contributed by atoms with E-state index in [1.54, 1.807) is 14.2 Å². The van der Waals surface area contributed by atoms with Gasteiger partial charge in [0.1, 0.15) is 13.2 Å². The van der Waals surface area contributed by atoms with Crippen molar-refractivity contribution in [3.63, 3.8) is 0 Å². The SMILES string of the molecule is COc1ccc(NC(=S)Nc2ccc3c(c2)OCCO3)cc1OC. The molecule has 126 valence electrons. The molecule has 0 spiro atoms. The molecule has 2 aromatic rings. The van der Waals surface area contributed by atoms with Crippen LogP contribution < -0.4 is 29.6 Å². The average Bonchev–Trinajstić information content (AvgIpc) is 2.61. The predicted molar refractivity (Wildman–Crippen MR) is 96.8 cm³/mol. The van der Waals surface area contributed by atoms with Gasteiger partial charge < -0.3 is 29.6 Å². The molecule has 3 rings (SSSR count). The van der Waals surface area contributed by atoms with E-state index in [0.29, 0.717) is 35.6 Å². The summed E-state index contributed by atoms with van der Waals surface area (Å²) in [6.07, 6.45) is 0. The Labute approximate surface area is 145 Å². The standard InChI is InChI=1S/C17H18N2O4S/c1-20-13-5-3-11(9-15(13)21-2)18-17(24)19-12-4-6-14-16(10-12)23-8-7-22-14/h3-6,9-10H,7-8H2,1-2H3,(H2,18,19,24). The maximum Gasteiger partial charge on any atom is 0.175 e. The Morgan fingerprint density at radius 3 is 2.21 bits per heavy atom. The van der Waals surface area contributed by atoms with E-state index in [1.807, 2.05) is 36.4 Å². The summed E-state index contributed by atoms with van der Waals surface area (Å²) in [4.78, 5) is 0. The lowest BCUT2D eigenvalue weighted by molar-refractivity contribution is 0.171. The molecule has 2 aromatic carbocycles. The van der Waals surface area contributed by atoms with Crippen LogP contribution in [0.25, 0.3) is 0 Å². The van der Waals surface area contributed by atoms with Crippen LogP contribution in [0, 0.1) is 0 Å². The fourth-order valence-corrected chi connectivity index (χ4v) is 2.56. The number of hydrogen-bond donors (Lipinski definition) is 2. The minimum Gasteiger partial charge on any atom is -0.493 e. The van der Waals surface area contributed by atoms with Gasteiger partial charge in [-0.25, -0.2) is 0 Å². The number of methoxy groups -OCH3 is 2. The number of anilines is 2. The fourth-order valence-electron chi connectivity index (χ4n) is 2.33. The molecule has 0 aromatic heterocycles. The molecule has 0 saturated carbocycles. The van der Waals surface area contributed by atoms with Crippen LogP contribution in [-0.4, -0.2) is 32.5 Å². The lowest BCUT2D eigenvalue weighted by Crippen LogP contribution is -2.20. The summed E-state index contributed by atoms with van der Waals surface area (Å²) < 4.78 is 21.6. The summed E-state index contributed by atoms with van der Waals surface area (Å²) in [5.41, 5.74) is 1.61. The monoisotopic (exact) mass is 346 g/mol. The van der Waals surface area contributed by atoms with Crippen LogP contribution in [0.5, 0.6) is 23.0 Å². The van der Waals surface area contributed by atoms with Gasteiger partial charge in [0.05, 0.1) is 14.2 Å².